The van der Waals surface area contributed by atoms with Crippen molar-refractivity contribution in [1.29, 1.82) is 0 Å². The topological polar surface area (TPSA) is 54.9 Å². The van der Waals surface area contributed by atoms with E-state index in [9.17, 15) is 4.79 Å². The summed E-state index contributed by atoms with van der Waals surface area (Å²) in [6.07, 6.45) is 3.73. The Hall–Kier alpha value is -1.57. The Morgan fingerprint density at radius 2 is 2.05 bits per heavy atom. The fourth-order valence-corrected chi connectivity index (χ4v) is 4.18. The number of pyridine rings is 1. The first-order valence-corrected chi connectivity index (χ1v) is 9.10. The van der Waals surface area contributed by atoms with E-state index in [-0.39, 0.29) is 5.91 Å². The van der Waals surface area contributed by atoms with Crippen molar-refractivity contribution in [3.8, 4) is 9.88 Å². The van der Waals surface area contributed by atoms with Crippen LogP contribution in [0.15, 0.2) is 45.8 Å². The number of rotatable bonds is 5. The number of amides is 1. The van der Waals surface area contributed by atoms with Gasteiger partial charge < -0.3 is 5.32 Å². The zero-order chi connectivity index (χ0) is 15.4. The van der Waals surface area contributed by atoms with Gasteiger partial charge in [-0.25, -0.2) is 4.98 Å². The fraction of sp³-hybridized carbons (Fsp3) is 0.133. The standard InChI is InChI=1S/C15H12BrN3OS2/c16-11-5-13(21-8-11)15-19-12(9-22-15)6-14(20)18-7-10-1-3-17-4-2-10/h1-5,8-9H,6-7H2,(H,18,20). The molecule has 3 rings (SSSR count). The first kappa shape index (κ1) is 15.3. The van der Waals surface area contributed by atoms with Gasteiger partial charge in [0.15, 0.2) is 0 Å². The largest absolute Gasteiger partial charge is 0.352 e. The molecule has 0 fully saturated rings. The molecule has 0 aliphatic rings. The van der Waals surface area contributed by atoms with Gasteiger partial charge in [-0.3, -0.25) is 9.78 Å². The Balaban J connectivity index is 1.57. The van der Waals surface area contributed by atoms with Gasteiger partial charge in [-0.15, -0.1) is 22.7 Å². The van der Waals surface area contributed by atoms with E-state index >= 15 is 0 Å². The predicted octanol–water partition coefficient (Wildman–Crippen LogP) is 3.89. The van der Waals surface area contributed by atoms with Gasteiger partial charge in [0, 0.05) is 34.2 Å². The van der Waals surface area contributed by atoms with Crippen molar-refractivity contribution in [2.75, 3.05) is 0 Å². The molecule has 22 heavy (non-hydrogen) atoms. The highest BCUT2D eigenvalue weighted by Gasteiger charge is 2.10. The van der Waals surface area contributed by atoms with E-state index in [1.807, 2.05) is 29.0 Å². The molecular weight excluding hydrogens is 382 g/mol. The highest BCUT2D eigenvalue weighted by Crippen LogP contribution is 2.32. The quantitative estimate of drug-likeness (QED) is 0.715. The summed E-state index contributed by atoms with van der Waals surface area (Å²) in [5, 5.41) is 7.81. The molecule has 0 unspecified atom stereocenters. The molecule has 0 atom stereocenters. The van der Waals surface area contributed by atoms with Gasteiger partial charge in [-0.05, 0) is 39.7 Å². The second kappa shape index (κ2) is 7.13. The number of carbonyl (C=O) groups excluding carboxylic acids is 1. The zero-order valence-electron chi connectivity index (χ0n) is 11.5. The van der Waals surface area contributed by atoms with E-state index in [0.29, 0.717) is 13.0 Å². The summed E-state index contributed by atoms with van der Waals surface area (Å²) < 4.78 is 1.05. The van der Waals surface area contributed by atoms with E-state index in [4.69, 9.17) is 0 Å². The maximum absolute atomic E-state index is 12.0. The van der Waals surface area contributed by atoms with Gasteiger partial charge in [0.2, 0.25) is 5.91 Å². The molecule has 0 aliphatic heterocycles. The first-order valence-electron chi connectivity index (χ1n) is 6.55. The molecule has 0 bridgehead atoms. The van der Waals surface area contributed by atoms with E-state index < -0.39 is 0 Å². The maximum atomic E-state index is 12.0. The molecule has 0 saturated carbocycles. The third-order valence-corrected chi connectivity index (χ3v) is 5.66. The summed E-state index contributed by atoms with van der Waals surface area (Å²) in [6.45, 7) is 0.510. The Morgan fingerprint density at radius 1 is 1.23 bits per heavy atom. The Morgan fingerprint density at radius 3 is 2.77 bits per heavy atom. The van der Waals surface area contributed by atoms with Crippen molar-refractivity contribution in [3.63, 3.8) is 0 Å². The van der Waals surface area contributed by atoms with Crippen molar-refractivity contribution in [2.45, 2.75) is 13.0 Å². The Bertz CT molecular complexity index is 770. The number of nitrogens with zero attached hydrogens (tertiary/aromatic N) is 2. The lowest BCUT2D eigenvalue weighted by Gasteiger charge is -2.03. The van der Waals surface area contributed by atoms with Gasteiger partial charge in [-0.2, -0.15) is 0 Å². The molecule has 1 N–H and O–H groups in total. The Labute approximate surface area is 144 Å². The summed E-state index contributed by atoms with van der Waals surface area (Å²) in [5.41, 5.74) is 1.84. The SMILES string of the molecule is O=C(Cc1csc(-c2cc(Br)cs2)n1)NCc1ccncc1. The second-order valence-electron chi connectivity index (χ2n) is 4.58. The number of hydrogen-bond donors (Lipinski definition) is 1. The first-order chi connectivity index (χ1) is 10.7. The lowest BCUT2D eigenvalue weighted by atomic mass is 10.2. The summed E-state index contributed by atoms with van der Waals surface area (Å²) in [4.78, 5) is 21.6. The smallest absolute Gasteiger partial charge is 0.226 e. The van der Waals surface area contributed by atoms with E-state index in [1.165, 1.54) is 0 Å². The molecule has 0 saturated heterocycles. The average molecular weight is 394 g/mol. The molecule has 7 heteroatoms. The van der Waals surface area contributed by atoms with Crippen LogP contribution in [0.3, 0.4) is 0 Å². The van der Waals surface area contributed by atoms with E-state index in [0.717, 1.165) is 25.6 Å². The summed E-state index contributed by atoms with van der Waals surface area (Å²) in [6, 6.07) is 5.81. The molecular formula is C15H12BrN3OS2. The van der Waals surface area contributed by atoms with Crippen LogP contribution in [0.5, 0.6) is 0 Å². The highest BCUT2D eigenvalue weighted by atomic mass is 79.9. The van der Waals surface area contributed by atoms with Crippen LogP contribution in [0.4, 0.5) is 0 Å². The Kier molecular flexibility index (Phi) is 4.97. The van der Waals surface area contributed by atoms with Gasteiger partial charge in [0.05, 0.1) is 17.0 Å². The lowest BCUT2D eigenvalue weighted by Crippen LogP contribution is -2.24. The number of aromatic nitrogens is 2. The van der Waals surface area contributed by atoms with E-state index in [2.05, 4.69) is 31.2 Å². The van der Waals surface area contributed by atoms with Gasteiger partial charge >= 0.3 is 0 Å². The third kappa shape index (κ3) is 4.00. The number of nitrogens with one attached hydrogen (secondary N) is 1. The molecule has 0 aliphatic carbocycles. The van der Waals surface area contributed by atoms with Crippen LogP contribution in [-0.4, -0.2) is 15.9 Å². The van der Waals surface area contributed by atoms with Crippen molar-refractivity contribution in [3.05, 3.63) is 57.1 Å². The van der Waals surface area contributed by atoms with Crippen LogP contribution in [0.2, 0.25) is 0 Å². The molecule has 3 aromatic heterocycles. The summed E-state index contributed by atoms with van der Waals surface area (Å²) >= 11 is 6.64. The summed E-state index contributed by atoms with van der Waals surface area (Å²) in [5.74, 6) is -0.0268. The average Bonchev–Trinajstić information content (AvgIpc) is 3.15. The van der Waals surface area contributed by atoms with Crippen molar-refractivity contribution in [1.82, 2.24) is 15.3 Å². The van der Waals surface area contributed by atoms with Gasteiger partial charge in [-0.1, -0.05) is 0 Å². The minimum absolute atomic E-state index is 0.0268. The normalized spacial score (nSPS) is 10.6. The molecule has 112 valence electrons. The van der Waals surface area contributed by atoms with E-state index in [1.54, 1.807) is 35.1 Å². The molecule has 0 spiro atoms. The zero-order valence-corrected chi connectivity index (χ0v) is 14.7. The number of carbonyl (C=O) groups is 1. The number of halogens is 1. The fourth-order valence-electron chi connectivity index (χ4n) is 1.85. The van der Waals surface area contributed by atoms with Crippen LogP contribution in [-0.2, 0) is 17.8 Å². The van der Waals surface area contributed by atoms with Gasteiger partial charge in [0.25, 0.3) is 0 Å². The minimum Gasteiger partial charge on any atom is -0.352 e. The van der Waals surface area contributed by atoms with Crippen molar-refractivity contribution in [2.24, 2.45) is 0 Å². The molecule has 4 nitrogen and oxygen atoms in total. The monoisotopic (exact) mass is 393 g/mol. The van der Waals surface area contributed by atoms with Crippen LogP contribution in [0.1, 0.15) is 11.3 Å². The van der Waals surface area contributed by atoms with Crippen LogP contribution >= 0.6 is 38.6 Å². The second-order valence-corrected chi connectivity index (χ2v) is 7.27. The van der Waals surface area contributed by atoms with Crippen LogP contribution < -0.4 is 5.32 Å². The van der Waals surface area contributed by atoms with Crippen molar-refractivity contribution < 1.29 is 4.79 Å². The third-order valence-electron chi connectivity index (χ3n) is 2.91. The number of thiophene rings is 1. The van der Waals surface area contributed by atoms with Gasteiger partial charge in [0.1, 0.15) is 5.01 Å². The summed E-state index contributed by atoms with van der Waals surface area (Å²) in [7, 11) is 0. The van der Waals surface area contributed by atoms with Crippen molar-refractivity contribution >= 4 is 44.5 Å². The minimum atomic E-state index is -0.0268. The molecule has 3 heterocycles. The highest BCUT2D eigenvalue weighted by molar-refractivity contribution is 9.10. The molecule has 0 radical (unpaired) electrons. The predicted molar refractivity (Wildman–Crippen MR) is 92.9 cm³/mol. The molecule has 0 aromatic carbocycles. The maximum Gasteiger partial charge on any atom is 0.226 e. The number of thiazole rings is 1. The molecule has 1 amide bonds. The number of hydrogen-bond acceptors (Lipinski definition) is 5. The van der Waals surface area contributed by atoms with Crippen LogP contribution in [0.25, 0.3) is 9.88 Å². The van der Waals surface area contributed by atoms with Crippen LogP contribution in [0, 0.1) is 0 Å². The lowest BCUT2D eigenvalue weighted by molar-refractivity contribution is -0.120. The molecule has 3 aromatic rings.